The van der Waals surface area contributed by atoms with Crippen LogP contribution in [0.15, 0.2) is 47.7 Å². The van der Waals surface area contributed by atoms with Gasteiger partial charge in [-0.05, 0) is 37.6 Å². The summed E-state index contributed by atoms with van der Waals surface area (Å²) >= 11 is 0. The van der Waals surface area contributed by atoms with Gasteiger partial charge in [0.15, 0.2) is 0 Å². The van der Waals surface area contributed by atoms with Crippen LogP contribution in [0.5, 0.6) is 0 Å². The van der Waals surface area contributed by atoms with E-state index >= 15 is 0 Å². The lowest BCUT2D eigenvalue weighted by molar-refractivity contribution is -0.134. The Labute approximate surface area is 194 Å². The van der Waals surface area contributed by atoms with Crippen LogP contribution in [0.1, 0.15) is 51.3 Å². The molecule has 0 aliphatic carbocycles. The number of nitriles is 1. The Morgan fingerprint density at radius 3 is 2.64 bits per heavy atom. The Kier molecular flexibility index (Phi) is 7.11. The average Bonchev–Trinajstić information content (AvgIpc) is 3.22. The van der Waals surface area contributed by atoms with Gasteiger partial charge in [0.1, 0.15) is 28.9 Å². The summed E-state index contributed by atoms with van der Waals surface area (Å²) in [4.78, 5) is 19.1. The van der Waals surface area contributed by atoms with Crippen LogP contribution in [-0.4, -0.2) is 53.7 Å². The first-order chi connectivity index (χ1) is 15.7. The minimum atomic E-state index is -0.995. The summed E-state index contributed by atoms with van der Waals surface area (Å²) in [6.45, 7) is 7.76. The maximum atomic E-state index is 13.4. The first kappa shape index (κ1) is 24.3. The lowest BCUT2D eigenvalue weighted by Gasteiger charge is -2.35. The number of ether oxygens (including phenoxy) is 2. The fourth-order valence-electron chi connectivity index (χ4n) is 3.89. The minimum absolute atomic E-state index is 0.0736. The van der Waals surface area contributed by atoms with E-state index in [1.165, 1.54) is 19.1 Å². The molecule has 3 heterocycles. The molecule has 0 aromatic carbocycles. The van der Waals surface area contributed by atoms with E-state index in [1.807, 2.05) is 56.5 Å². The number of hydrogen-bond acceptors (Lipinski definition) is 5. The van der Waals surface area contributed by atoms with Crippen molar-refractivity contribution >= 4 is 11.6 Å². The van der Waals surface area contributed by atoms with E-state index in [2.05, 4.69) is 11.1 Å². The number of halogens is 1. The molecule has 0 saturated carbocycles. The normalized spacial score (nSPS) is 16.7. The van der Waals surface area contributed by atoms with Gasteiger partial charge >= 0.3 is 0 Å². The van der Waals surface area contributed by atoms with Crippen LogP contribution in [0, 0.1) is 11.3 Å². The van der Waals surface area contributed by atoms with E-state index in [0.29, 0.717) is 23.5 Å². The molecule has 0 radical (unpaired) electrons. The summed E-state index contributed by atoms with van der Waals surface area (Å²) in [6, 6.07) is 6.14. The molecule has 1 saturated heterocycles. The number of hydrogen-bond donors (Lipinski definition) is 0. The summed E-state index contributed by atoms with van der Waals surface area (Å²) in [6.07, 6.45) is 5.03. The lowest BCUT2D eigenvalue weighted by Crippen LogP contribution is -2.52. The second-order valence-electron chi connectivity index (χ2n) is 8.75. The Morgan fingerprint density at radius 2 is 2.09 bits per heavy atom. The van der Waals surface area contributed by atoms with E-state index in [-0.39, 0.29) is 24.9 Å². The highest BCUT2D eigenvalue weighted by molar-refractivity contribution is 5.98. The predicted octanol–water partition coefficient (Wildman–Crippen LogP) is 4.26. The molecule has 0 spiro atoms. The quantitative estimate of drug-likeness (QED) is 0.338. The van der Waals surface area contributed by atoms with Gasteiger partial charge in [-0.1, -0.05) is 13.8 Å². The SMILES string of the molecule is CC/C(OC)=C(C(=O)N1CC(F)C1)\C(=C/C(C)c1cnc2cc(C(C)(C)C#N)ccn12)OC. The fraction of sp³-hybridized carbons (Fsp3) is 0.480. The maximum absolute atomic E-state index is 13.4. The largest absolute Gasteiger partial charge is 0.500 e. The van der Waals surface area contributed by atoms with Crippen LogP contribution >= 0.6 is 0 Å². The summed E-state index contributed by atoms with van der Waals surface area (Å²) in [5, 5.41) is 9.43. The van der Waals surface area contributed by atoms with Crippen LogP contribution in [0.4, 0.5) is 4.39 Å². The zero-order valence-corrected chi connectivity index (χ0v) is 20.1. The standard InChI is InChI=1S/C25H31FN4O3/c1-7-20(32-5)23(24(31)29-13-18(26)14-29)21(33-6)10-16(2)19-12-28-22-11-17(8-9-30(19)22)25(3,4)15-27/h8-12,16,18H,7,13-14H2,1-6H3/b21-10+,23-20-. The molecule has 0 bridgehead atoms. The molecule has 1 unspecified atom stereocenters. The Bertz CT molecular complexity index is 1130. The maximum Gasteiger partial charge on any atom is 0.261 e. The average molecular weight is 455 g/mol. The van der Waals surface area contributed by atoms with E-state index in [1.54, 1.807) is 6.20 Å². The highest BCUT2D eigenvalue weighted by atomic mass is 19.1. The van der Waals surface area contributed by atoms with Gasteiger partial charge in [-0.15, -0.1) is 0 Å². The molecule has 33 heavy (non-hydrogen) atoms. The number of carbonyl (C=O) groups is 1. The molecule has 1 aliphatic heterocycles. The number of rotatable bonds is 8. The summed E-state index contributed by atoms with van der Waals surface area (Å²) in [5.41, 5.74) is 2.22. The predicted molar refractivity (Wildman–Crippen MR) is 123 cm³/mol. The van der Waals surface area contributed by atoms with Crippen molar-refractivity contribution in [3.05, 3.63) is 59.0 Å². The van der Waals surface area contributed by atoms with Crippen LogP contribution in [-0.2, 0) is 19.7 Å². The monoisotopic (exact) mass is 454 g/mol. The lowest BCUT2D eigenvalue weighted by atomic mass is 9.87. The second kappa shape index (κ2) is 9.65. The number of amides is 1. The number of methoxy groups -OCH3 is 2. The molecular weight excluding hydrogens is 423 g/mol. The van der Waals surface area contributed by atoms with Gasteiger partial charge in [0.25, 0.3) is 5.91 Å². The zero-order chi connectivity index (χ0) is 24.3. The molecule has 2 aromatic rings. The zero-order valence-electron chi connectivity index (χ0n) is 20.1. The number of allylic oxidation sites excluding steroid dienone is 2. The van der Waals surface area contributed by atoms with Crippen LogP contribution in [0.3, 0.4) is 0 Å². The van der Waals surface area contributed by atoms with Gasteiger partial charge in [0.05, 0.1) is 38.8 Å². The third-order valence-corrected chi connectivity index (χ3v) is 6.06. The van der Waals surface area contributed by atoms with Crippen molar-refractivity contribution in [3.63, 3.8) is 0 Å². The number of likely N-dealkylation sites (tertiary alicyclic amines) is 1. The summed E-state index contributed by atoms with van der Waals surface area (Å²) in [5.74, 6) is 0.409. The van der Waals surface area contributed by atoms with E-state index in [0.717, 1.165) is 16.9 Å². The van der Waals surface area contributed by atoms with Crippen molar-refractivity contribution in [1.82, 2.24) is 14.3 Å². The van der Waals surface area contributed by atoms with E-state index in [4.69, 9.17) is 9.47 Å². The molecule has 3 rings (SSSR count). The van der Waals surface area contributed by atoms with Crippen molar-refractivity contribution in [3.8, 4) is 6.07 Å². The first-order valence-corrected chi connectivity index (χ1v) is 11.0. The van der Waals surface area contributed by atoms with Crippen molar-refractivity contribution in [2.24, 2.45) is 0 Å². The van der Waals surface area contributed by atoms with Gasteiger partial charge in [-0.2, -0.15) is 5.26 Å². The summed E-state index contributed by atoms with van der Waals surface area (Å²) < 4.78 is 26.5. The first-order valence-electron chi connectivity index (χ1n) is 11.0. The summed E-state index contributed by atoms with van der Waals surface area (Å²) in [7, 11) is 3.02. The van der Waals surface area contributed by atoms with Crippen molar-refractivity contribution in [2.75, 3.05) is 27.3 Å². The number of imidazole rings is 1. The van der Waals surface area contributed by atoms with Crippen molar-refractivity contribution in [2.45, 2.75) is 51.6 Å². The number of nitrogens with zero attached hydrogens (tertiary/aromatic N) is 4. The number of alkyl halides is 1. The van der Waals surface area contributed by atoms with Crippen molar-refractivity contribution < 1.29 is 18.7 Å². The Hall–Kier alpha value is -3.34. The second-order valence-corrected chi connectivity index (χ2v) is 8.75. The van der Waals surface area contributed by atoms with Gasteiger partial charge in [0.2, 0.25) is 0 Å². The van der Waals surface area contributed by atoms with Crippen LogP contribution in [0.25, 0.3) is 5.65 Å². The Balaban J connectivity index is 2.00. The highest BCUT2D eigenvalue weighted by Gasteiger charge is 2.35. The molecule has 176 valence electrons. The highest BCUT2D eigenvalue weighted by Crippen LogP contribution is 2.29. The molecular formula is C25H31FN4O3. The number of pyridine rings is 1. The van der Waals surface area contributed by atoms with Gasteiger partial charge in [0, 0.05) is 30.4 Å². The van der Waals surface area contributed by atoms with Gasteiger partial charge in [-0.25, -0.2) is 9.37 Å². The molecule has 1 aliphatic rings. The third-order valence-electron chi connectivity index (χ3n) is 6.06. The topological polar surface area (TPSA) is 79.9 Å². The smallest absolute Gasteiger partial charge is 0.261 e. The van der Waals surface area contributed by atoms with Crippen LogP contribution < -0.4 is 0 Å². The minimum Gasteiger partial charge on any atom is -0.500 e. The molecule has 2 aromatic heterocycles. The van der Waals surface area contributed by atoms with E-state index in [9.17, 15) is 14.4 Å². The number of fused-ring (bicyclic) bond motifs is 1. The molecule has 8 heteroatoms. The molecule has 0 N–H and O–H groups in total. The van der Waals surface area contributed by atoms with Gasteiger partial charge in [-0.3, -0.25) is 4.79 Å². The molecule has 1 fully saturated rings. The van der Waals surface area contributed by atoms with E-state index < -0.39 is 11.6 Å². The fourth-order valence-corrected chi connectivity index (χ4v) is 3.89. The number of aromatic nitrogens is 2. The molecule has 7 nitrogen and oxygen atoms in total. The van der Waals surface area contributed by atoms with Crippen molar-refractivity contribution in [1.29, 1.82) is 5.26 Å². The van der Waals surface area contributed by atoms with Gasteiger partial charge < -0.3 is 18.8 Å². The molecule has 1 amide bonds. The molecule has 1 atom stereocenters. The van der Waals surface area contributed by atoms with Crippen LogP contribution in [0.2, 0.25) is 0 Å². The third kappa shape index (κ3) is 4.72. The Morgan fingerprint density at radius 1 is 1.39 bits per heavy atom. The number of carbonyl (C=O) groups excluding carboxylic acids is 1.